The van der Waals surface area contributed by atoms with Gasteiger partial charge in [0.05, 0.1) is 6.10 Å². The molecule has 3 N–H and O–H groups in total. The maximum atomic E-state index is 9.51. The average molecular weight is 156 g/mol. The van der Waals surface area contributed by atoms with Gasteiger partial charge in [0, 0.05) is 25.0 Å². The van der Waals surface area contributed by atoms with Crippen molar-refractivity contribution >= 4 is 0 Å². The minimum atomic E-state index is -0.166. The van der Waals surface area contributed by atoms with Crippen LogP contribution in [0, 0.1) is 5.92 Å². The van der Waals surface area contributed by atoms with Crippen LogP contribution in [-0.2, 0) is 0 Å². The van der Waals surface area contributed by atoms with Gasteiger partial charge in [0.25, 0.3) is 0 Å². The molecule has 0 aromatic heterocycles. The van der Waals surface area contributed by atoms with Crippen molar-refractivity contribution in [1.29, 1.82) is 0 Å². The van der Waals surface area contributed by atoms with Gasteiger partial charge in [-0.3, -0.25) is 4.90 Å². The molecule has 2 fully saturated rings. The Kier molecular flexibility index (Phi) is 1.87. The second-order valence-corrected chi connectivity index (χ2v) is 3.75. The molecule has 2 atom stereocenters. The first kappa shape index (κ1) is 7.53. The fourth-order valence-electron chi connectivity index (χ4n) is 1.86. The predicted octanol–water partition coefficient (Wildman–Crippen LogP) is -0.600. The van der Waals surface area contributed by atoms with Crippen LogP contribution in [0.2, 0.25) is 0 Å². The van der Waals surface area contributed by atoms with E-state index in [9.17, 15) is 5.11 Å². The van der Waals surface area contributed by atoms with Gasteiger partial charge >= 0.3 is 0 Å². The van der Waals surface area contributed by atoms with Crippen LogP contribution in [0.1, 0.15) is 12.8 Å². The van der Waals surface area contributed by atoms with Gasteiger partial charge in [0.15, 0.2) is 0 Å². The third-order valence-corrected chi connectivity index (χ3v) is 2.80. The van der Waals surface area contributed by atoms with E-state index in [1.165, 1.54) is 12.8 Å². The Labute approximate surface area is 67.2 Å². The quantitative estimate of drug-likeness (QED) is 0.561. The minimum Gasteiger partial charge on any atom is -0.391 e. The van der Waals surface area contributed by atoms with Crippen LogP contribution in [-0.4, -0.2) is 41.8 Å². The van der Waals surface area contributed by atoms with Gasteiger partial charge in [-0.15, -0.1) is 0 Å². The Hall–Kier alpha value is -0.120. The molecule has 0 amide bonds. The van der Waals surface area contributed by atoms with E-state index in [1.807, 2.05) is 0 Å². The van der Waals surface area contributed by atoms with Crippen LogP contribution in [0.4, 0.5) is 0 Å². The largest absolute Gasteiger partial charge is 0.391 e. The number of rotatable bonds is 2. The van der Waals surface area contributed by atoms with Crippen molar-refractivity contribution in [1.82, 2.24) is 4.90 Å². The fraction of sp³-hybridized carbons (Fsp3) is 1.00. The number of likely N-dealkylation sites (tertiary alicyclic amines) is 1. The predicted molar refractivity (Wildman–Crippen MR) is 43.1 cm³/mol. The number of aliphatic hydroxyl groups is 1. The van der Waals surface area contributed by atoms with Gasteiger partial charge in [-0.1, -0.05) is 0 Å². The molecule has 11 heavy (non-hydrogen) atoms. The molecule has 1 heterocycles. The summed E-state index contributed by atoms with van der Waals surface area (Å²) in [6.45, 7) is 2.50. The zero-order chi connectivity index (χ0) is 7.84. The van der Waals surface area contributed by atoms with Crippen LogP contribution in [0.5, 0.6) is 0 Å². The summed E-state index contributed by atoms with van der Waals surface area (Å²) in [5, 5.41) is 9.51. The summed E-state index contributed by atoms with van der Waals surface area (Å²) in [5.41, 5.74) is 5.52. The van der Waals surface area contributed by atoms with Gasteiger partial charge in [-0.05, 0) is 19.4 Å². The van der Waals surface area contributed by atoms with Gasteiger partial charge in [0.2, 0.25) is 0 Å². The van der Waals surface area contributed by atoms with E-state index in [4.69, 9.17) is 5.73 Å². The SMILES string of the molecule is NCC1CN(C2CC2)CC1O. The molecule has 1 saturated heterocycles. The topological polar surface area (TPSA) is 49.5 Å². The van der Waals surface area contributed by atoms with E-state index >= 15 is 0 Å². The summed E-state index contributed by atoms with van der Waals surface area (Å²) in [4.78, 5) is 2.38. The first-order valence-corrected chi connectivity index (χ1v) is 4.43. The third kappa shape index (κ3) is 1.41. The number of aliphatic hydroxyl groups excluding tert-OH is 1. The molecule has 0 aromatic carbocycles. The molecule has 1 aliphatic carbocycles. The summed E-state index contributed by atoms with van der Waals surface area (Å²) in [7, 11) is 0. The normalized spacial score (nSPS) is 39.8. The zero-order valence-electron chi connectivity index (χ0n) is 6.74. The summed E-state index contributed by atoms with van der Waals surface area (Å²) < 4.78 is 0. The molecule has 3 nitrogen and oxygen atoms in total. The first-order valence-electron chi connectivity index (χ1n) is 4.43. The highest BCUT2D eigenvalue weighted by molar-refractivity contribution is 4.93. The molecule has 0 spiro atoms. The van der Waals surface area contributed by atoms with Gasteiger partial charge in [-0.25, -0.2) is 0 Å². The highest BCUT2D eigenvalue weighted by atomic mass is 16.3. The number of hydrogen-bond acceptors (Lipinski definition) is 3. The lowest BCUT2D eigenvalue weighted by Gasteiger charge is -2.12. The number of nitrogens with two attached hydrogens (primary N) is 1. The van der Waals surface area contributed by atoms with Crippen molar-refractivity contribution in [3.05, 3.63) is 0 Å². The smallest absolute Gasteiger partial charge is 0.0719 e. The Morgan fingerprint density at radius 2 is 2.09 bits per heavy atom. The summed E-state index contributed by atoms with van der Waals surface area (Å²) in [6.07, 6.45) is 2.48. The molecule has 2 rings (SSSR count). The Balaban J connectivity index is 1.89. The highest BCUT2D eigenvalue weighted by Gasteiger charge is 2.38. The monoisotopic (exact) mass is 156 g/mol. The van der Waals surface area contributed by atoms with Gasteiger partial charge in [0.1, 0.15) is 0 Å². The maximum Gasteiger partial charge on any atom is 0.0719 e. The lowest BCUT2D eigenvalue weighted by molar-refractivity contribution is 0.144. The van der Waals surface area contributed by atoms with Gasteiger partial charge in [-0.2, -0.15) is 0 Å². The number of β-amino-alcohol motifs (C(OH)–C–C–N with tert-alkyl or cyclic N) is 1. The van der Waals surface area contributed by atoms with Crippen molar-refractivity contribution in [2.75, 3.05) is 19.6 Å². The van der Waals surface area contributed by atoms with Crippen LogP contribution in [0.3, 0.4) is 0 Å². The lowest BCUT2D eigenvalue weighted by atomic mass is 10.1. The maximum absolute atomic E-state index is 9.51. The molecule has 3 heteroatoms. The molecule has 2 unspecified atom stereocenters. The Morgan fingerprint density at radius 3 is 2.55 bits per heavy atom. The molecule has 0 aromatic rings. The average Bonchev–Trinajstić information content (AvgIpc) is 2.76. The molecular formula is C8H16N2O. The van der Waals surface area contributed by atoms with Crippen LogP contribution >= 0.6 is 0 Å². The van der Waals surface area contributed by atoms with Crippen LogP contribution in [0.15, 0.2) is 0 Å². The minimum absolute atomic E-state index is 0.166. The zero-order valence-corrected chi connectivity index (χ0v) is 6.74. The van der Waals surface area contributed by atoms with Gasteiger partial charge < -0.3 is 10.8 Å². The van der Waals surface area contributed by atoms with Crippen molar-refractivity contribution < 1.29 is 5.11 Å². The first-order chi connectivity index (χ1) is 5.31. The number of nitrogens with zero attached hydrogens (tertiary/aromatic N) is 1. The molecule has 0 radical (unpaired) electrons. The summed E-state index contributed by atoms with van der Waals surface area (Å²) >= 11 is 0. The standard InChI is InChI=1S/C8H16N2O/c9-3-6-4-10(5-8(6)11)7-1-2-7/h6-8,11H,1-5,9H2. The second-order valence-electron chi connectivity index (χ2n) is 3.75. The summed E-state index contributed by atoms with van der Waals surface area (Å²) in [5.74, 6) is 0.329. The second kappa shape index (κ2) is 2.73. The van der Waals surface area contributed by atoms with E-state index in [2.05, 4.69) is 4.90 Å². The molecule has 1 aliphatic heterocycles. The summed E-state index contributed by atoms with van der Waals surface area (Å²) in [6, 6.07) is 0.779. The van der Waals surface area contributed by atoms with Crippen LogP contribution < -0.4 is 5.73 Å². The van der Waals surface area contributed by atoms with Crippen molar-refractivity contribution in [2.45, 2.75) is 25.0 Å². The highest BCUT2D eigenvalue weighted by Crippen LogP contribution is 2.31. The van der Waals surface area contributed by atoms with E-state index in [-0.39, 0.29) is 6.10 Å². The van der Waals surface area contributed by atoms with E-state index in [1.54, 1.807) is 0 Å². The van der Waals surface area contributed by atoms with Crippen molar-refractivity contribution in [2.24, 2.45) is 11.7 Å². The van der Waals surface area contributed by atoms with Crippen molar-refractivity contribution in [3.8, 4) is 0 Å². The van der Waals surface area contributed by atoms with Crippen LogP contribution in [0.25, 0.3) is 0 Å². The van der Waals surface area contributed by atoms with E-state index < -0.39 is 0 Å². The number of hydrogen-bond donors (Lipinski definition) is 2. The molecule has 2 aliphatic rings. The van der Waals surface area contributed by atoms with Crippen molar-refractivity contribution in [3.63, 3.8) is 0 Å². The fourth-order valence-corrected chi connectivity index (χ4v) is 1.86. The molecule has 64 valence electrons. The Morgan fingerprint density at radius 1 is 1.36 bits per heavy atom. The Bertz CT molecular complexity index is 147. The molecule has 0 bridgehead atoms. The molecular weight excluding hydrogens is 140 g/mol. The third-order valence-electron chi connectivity index (χ3n) is 2.80. The van der Waals surface area contributed by atoms with E-state index in [0.29, 0.717) is 12.5 Å². The lowest BCUT2D eigenvalue weighted by Crippen LogP contribution is -2.25. The van der Waals surface area contributed by atoms with E-state index in [0.717, 1.165) is 19.1 Å². The molecule has 1 saturated carbocycles.